The molecular weight excluding hydrogens is 394 g/mol. The van der Waals surface area contributed by atoms with Gasteiger partial charge in [-0.15, -0.1) is 0 Å². The molecule has 4 rings (SSSR count). The van der Waals surface area contributed by atoms with Crippen LogP contribution in [0.15, 0.2) is 54.7 Å². The number of carbonyl (C=O) groups excluding carboxylic acids is 1. The van der Waals surface area contributed by atoms with Crippen LogP contribution in [0, 0.1) is 5.41 Å². The molecule has 0 bridgehead atoms. The molecule has 168 valence electrons. The highest BCUT2D eigenvalue weighted by molar-refractivity contribution is 6.06. The quantitative estimate of drug-likeness (QED) is 0.469. The van der Waals surface area contributed by atoms with Crippen LogP contribution in [0.5, 0.6) is 0 Å². The maximum Gasteiger partial charge on any atom is 0.255 e. The van der Waals surface area contributed by atoms with Crippen LogP contribution >= 0.6 is 0 Å². The van der Waals surface area contributed by atoms with Crippen molar-refractivity contribution >= 4 is 28.1 Å². The minimum atomic E-state index is -0.0415. The van der Waals surface area contributed by atoms with Gasteiger partial charge in [0.25, 0.3) is 5.91 Å². The predicted octanol–water partition coefficient (Wildman–Crippen LogP) is 6.51. The van der Waals surface area contributed by atoms with Crippen LogP contribution in [-0.2, 0) is 6.42 Å². The van der Waals surface area contributed by atoms with E-state index in [0.29, 0.717) is 5.41 Å². The molecule has 0 saturated carbocycles. The van der Waals surface area contributed by atoms with E-state index in [1.807, 2.05) is 30.3 Å². The Bertz CT molecular complexity index is 1130. The van der Waals surface area contributed by atoms with Gasteiger partial charge in [0.05, 0.1) is 0 Å². The molecule has 4 heteroatoms. The maximum absolute atomic E-state index is 13.0. The molecule has 0 radical (unpaired) electrons. The van der Waals surface area contributed by atoms with E-state index in [0.717, 1.165) is 61.2 Å². The van der Waals surface area contributed by atoms with E-state index in [1.165, 1.54) is 16.5 Å². The smallest absolute Gasteiger partial charge is 0.255 e. The number of nitrogens with zero attached hydrogens (tertiary/aromatic N) is 1. The highest BCUT2D eigenvalue weighted by Gasteiger charge is 2.20. The number of rotatable bonds is 6. The minimum absolute atomic E-state index is 0.0415. The summed E-state index contributed by atoms with van der Waals surface area (Å²) in [6, 6.07) is 14.0. The number of aromatic amines is 1. The van der Waals surface area contributed by atoms with Gasteiger partial charge in [0.2, 0.25) is 0 Å². The monoisotopic (exact) mass is 429 g/mol. The van der Waals surface area contributed by atoms with Crippen LogP contribution < -0.4 is 5.32 Å². The second-order valence-corrected chi connectivity index (χ2v) is 10.1. The third kappa shape index (κ3) is 5.13. The average Bonchev–Trinajstić information content (AvgIpc) is 3.17. The SMILES string of the molecule is CCCc1ccccc1C(=O)Nc1ccc2[nH]cc(C3=CCN(CC(C)(C)C)CC3)c2c1. The van der Waals surface area contributed by atoms with Crippen molar-refractivity contribution in [2.75, 3.05) is 25.0 Å². The first kappa shape index (κ1) is 22.3. The van der Waals surface area contributed by atoms with Crippen LogP contribution in [-0.4, -0.2) is 35.4 Å². The lowest BCUT2D eigenvalue weighted by molar-refractivity contribution is 0.102. The van der Waals surface area contributed by atoms with Gasteiger partial charge in [0.1, 0.15) is 0 Å². The minimum Gasteiger partial charge on any atom is -0.361 e. The van der Waals surface area contributed by atoms with Gasteiger partial charge in [0.15, 0.2) is 0 Å². The van der Waals surface area contributed by atoms with Gasteiger partial charge in [-0.3, -0.25) is 9.69 Å². The number of H-pyrrole nitrogens is 1. The molecule has 0 fully saturated rings. The Labute approximate surface area is 191 Å². The van der Waals surface area contributed by atoms with Crippen LogP contribution in [0.4, 0.5) is 5.69 Å². The second-order valence-electron chi connectivity index (χ2n) is 10.1. The van der Waals surface area contributed by atoms with E-state index in [-0.39, 0.29) is 5.91 Å². The number of anilines is 1. The van der Waals surface area contributed by atoms with Gasteiger partial charge in [-0.2, -0.15) is 0 Å². The van der Waals surface area contributed by atoms with Gasteiger partial charge in [0, 0.05) is 53.5 Å². The van der Waals surface area contributed by atoms with E-state index in [9.17, 15) is 4.79 Å². The zero-order valence-corrected chi connectivity index (χ0v) is 19.8. The third-order valence-electron chi connectivity index (χ3n) is 6.06. The molecule has 1 amide bonds. The van der Waals surface area contributed by atoms with Crippen LogP contribution in [0.25, 0.3) is 16.5 Å². The number of carbonyl (C=O) groups is 1. The fraction of sp³-hybridized carbons (Fsp3) is 0.393. The summed E-state index contributed by atoms with van der Waals surface area (Å²) in [5.74, 6) is -0.0415. The molecule has 0 saturated heterocycles. The maximum atomic E-state index is 13.0. The molecule has 3 aromatic rings. The Hall–Kier alpha value is -2.85. The molecule has 0 spiro atoms. The molecule has 4 nitrogen and oxygen atoms in total. The molecule has 1 aliphatic heterocycles. The van der Waals surface area contributed by atoms with Crippen LogP contribution in [0.1, 0.15) is 62.0 Å². The second kappa shape index (κ2) is 9.33. The Morgan fingerprint density at radius 3 is 2.69 bits per heavy atom. The molecule has 2 aromatic carbocycles. The number of aromatic nitrogens is 1. The lowest BCUT2D eigenvalue weighted by atomic mass is 9.93. The number of hydrogen-bond acceptors (Lipinski definition) is 2. The standard InChI is InChI=1S/C28H35N3O/c1-5-8-20-9-6-7-10-23(20)27(32)30-22-11-12-26-24(17-22)25(18-29-26)21-13-15-31(16-14-21)19-28(2,3)4/h6-7,9-13,17-18,29H,5,8,14-16,19H2,1-4H3,(H,30,32). The first-order chi connectivity index (χ1) is 15.3. The highest BCUT2D eigenvalue weighted by Crippen LogP contribution is 2.32. The summed E-state index contributed by atoms with van der Waals surface area (Å²) in [5, 5.41) is 4.29. The van der Waals surface area contributed by atoms with E-state index >= 15 is 0 Å². The lowest BCUT2D eigenvalue weighted by Gasteiger charge is -2.32. The number of aryl methyl sites for hydroxylation is 1. The van der Waals surface area contributed by atoms with Crippen molar-refractivity contribution in [2.24, 2.45) is 5.41 Å². The topological polar surface area (TPSA) is 48.1 Å². The first-order valence-electron chi connectivity index (χ1n) is 11.8. The largest absolute Gasteiger partial charge is 0.361 e. The summed E-state index contributed by atoms with van der Waals surface area (Å²) < 4.78 is 0. The molecule has 1 aromatic heterocycles. The van der Waals surface area contributed by atoms with Crippen molar-refractivity contribution in [3.05, 3.63) is 71.4 Å². The van der Waals surface area contributed by atoms with E-state index < -0.39 is 0 Å². The van der Waals surface area contributed by atoms with Gasteiger partial charge in [-0.25, -0.2) is 0 Å². The summed E-state index contributed by atoms with van der Waals surface area (Å²) in [4.78, 5) is 18.9. The first-order valence-corrected chi connectivity index (χ1v) is 11.8. The molecule has 0 unspecified atom stereocenters. The van der Waals surface area contributed by atoms with Crippen LogP contribution in [0.3, 0.4) is 0 Å². The van der Waals surface area contributed by atoms with Gasteiger partial charge in [-0.1, -0.05) is 58.4 Å². The summed E-state index contributed by atoms with van der Waals surface area (Å²) in [5.41, 5.74) is 6.74. The Balaban J connectivity index is 1.54. The number of benzene rings is 2. The number of amides is 1. The van der Waals surface area contributed by atoms with Crippen molar-refractivity contribution in [1.82, 2.24) is 9.88 Å². The number of fused-ring (bicyclic) bond motifs is 1. The van der Waals surface area contributed by atoms with E-state index in [1.54, 1.807) is 0 Å². The summed E-state index contributed by atoms with van der Waals surface area (Å²) in [6.45, 7) is 12.2. The molecule has 1 aliphatic rings. The normalized spacial score (nSPS) is 15.1. The molecular formula is C28H35N3O. The lowest BCUT2D eigenvalue weighted by Crippen LogP contribution is -2.35. The van der Waals surface area contributed by atoms with Crippen molar-refractivity contribution in [3.63, 3.8) is 0 Å². The van der Waals surface area contributed by atoms with Crippen LogP contribution in [0.2, 0.25) is 0 Å². The van der Waals surface area contributed by atoms with Gasteiger partial charge >= 0.3 is 0 Å². The Morgan fingerprint density at radius 1 is 1.16 bits per heavy atom. The van der Waals surface area contributed by atoms with Gasteiger partial charge < -0.3 is 10.3 Å². The molecule has 32 heavy (non-hydrogen) atoms. The predicted molar refractivity (Wildman–Crippen MR) is 135 cm³/mol. The van der Waals surface area contributed by atoms with Crippen molar-refractivity contribution < 1.29 is 4.79 Å². The van der Waals surface area contributed by atoms with Gasteiger partial charge in [-0.05, 0) is 53.7 Å². The van der Waals surface area contributed by atoms with E-state index in [4.69, 9.17) is 0 Å². The van der Waals surface area contributed by atoms with Crippen molar-refractivity contribution in [2.45, 2.75) is 47.0 Å². The van der Waals surface area contributed by atoms with Crippen molar-refractivity contribution in [3.8, 4) is 0 Å². The average molecular weight is 430 g/mol. The van der Waals surface area contributed by atoms with E-state index in [2.05, 4.69) is 67.3 Å². The molecule has 2 N–H and O–H groups in total. The molecule has 0 atom stereocenters. The summed E-state index contributed by atoms with van der Waals surface area (Å²) >= 11 is 0. The Morgan fingerprint density at radius 2 is 1.97 bits per heavy atom. The highest BCUT2D eigenvalue weighted by atomic mass is 16.1. The Kier molecular flexibility index (Phi) is 6.52. The molecule has 0 aliphatic carbocycles. The number of hydrogen-bond donors (Lipinski definition) is 2. The van der Waals surface area contributed by atoms with Crippen molar-refractivity contribution in [1.29, 1.82) is 0 Å². The zero-order chi connectivity index (χ0) is 22.7. The summed E-state index contributed by atoms with van der Waals surface area (Å²) in [7, 11) is 0. The fourth-order valence-corrected chi connectivity index (χ4v) is 4.66. The zero-order valence-electron chi connectivity index (χ0n) is 19.8. The fourth-order valence-electron chi connectivity index (χ4n) is 4.66. The number of nitrogens with one attached hydrogen (secondary N) is 2. The third-order valence-corrected chi connectivity index (χ3v) is 6.06. The molecule has 2 heterocycles. The summed E-state index contributed by atoms with van der Waals surface area (Å²) in [6.07, 6.45) is 7.45.